The summed E-state index contributed by atoms with van der Waals surface area (Å²) < 4.78 is 5.24. The maximum atomic E-state index is 12.1. The molecule has 1 saturated carbocycles. The van der Waals surface area contributed by atoms with Gasteiger partial charge in [-0.1, -0.05) is 0 Å². The SMILES string of the molecule is NC1(C(=O)NCc2nc(C3CC3)cs2)CCOCC1. The van der Waals surface area contributed by atoms with Gasteiger partial charge >= 0.3 is 0 Å². The molecule has 1 aliphatic heterocycles. The van der Waals surface area contributed by atoms with Gasteiger partial charge in [0.1, 0.15) is 5.01 Å². The lowest BCUT2D eigenvalue weighted by Gasteiger charge is -2.31. The Balaban J connectivity index is 1.54. The molecule has 3 rings (SSSR count). The first-order valence-electron chi connectivity index (χ1n) is 6.77. The Morgan fingerprint density at radius 2 is 2.26 bits per heavy atom. The van der Waals surface area contributed by atoms with Gasteiger partial charge in [0.15, 0.2) is 0 Å². The van der Waals surface area contributed by atoms with E-state index in [2.05, 4.69) is 15.7 Å². The molecule has 0 aromatic carbocycles. The second-order valence-corrected chi connectivity index (χ2v) is 6.33. The van der Waals surface area contributed by atoms with E-state index < -0.39 is 5.54 Å². The summed E-state index contributed by atoms with van der Waals surface area (Å²) in [6.07, 6.45) is 3.68. The highest BCUT2D eigenvalue weighted by Crippen LogP contribution is 2.40. The molecule has 1 aliphatic carbocycles. The molecule has 1 aromatic heterocycles. The van der Waals surface area contributed by atoms with Crippen LogP contribution in [0, 0.1) is 0 Å². The fourth-order valence-electron chi connectivity index (χ4n) is 2.27. The van der Waals surface area contributed by atoms with Crippen molar-refractivity contribution in [1.82, 2.24) is 10.3 Å². The molecular weight excluding hydrogens is 262 g/mol. The van der Waals surface area contributed by atoms with E-state index in [9.17, 15) is 4.79 Å². The molecule has 1 aromatic rings. The van der Waals surface area contributed by atoms with Crippen LogP contribution in [0.2, 0.25) is 0 Å². The number of aromatic nitrogens is 1. The summed E-state index contributed by atoms with van der Waals surface area (Å²) in [6.45, 7) is 1.61. The lowest BCUT2D eigenvalue weighted by Crippen LogP contribution is -2.56. The number of carbonyl (C=O) groups is 1. The number of hydrogen-bond donors (Lipinski definition) is 2. The minimum atomic E-state index is -0.769. The van der Waals surface area contributed by atoms with Crippen LogP contribution in [-0.4, -0.2) is 29.6 Å². The number of nitrogens with one attached hydrogen (secondary N) is 1. The van der Waals surface area contributed by atoms with Gasteiger partial charge in [-0.05, 0) is 25.7 Å². The summed E-state index contributed by atoms with van der Waals surface area (Å²) in [5.41, 5.74) is 6.54. The van der Waals surface area contributed by atoms with Gasteiger partial charge < -0.3 is 15.8 Å². The predicted octanol–water partition coefficient (Wildman–Crippen LogP) is 1.14. The van der Waals surface area contributed by atoms with Crippen molar-refractivity contribution in [2.75, 3.05) is 13.2 Å². The lowest BCUT2D eigenvalue weighted by molar-refractivity contribution is -0.129. The third-order valence-corrected chi connectivity index (χ3v) is 4.67. The largest absolute Gasteiger partial charge is 0.381 e. The molecule has 104 valence electrons. The van der Waals surface area contributed by atoms with Gasteiger partial charge in [0, 0.05) is 24.5 Å². The van der Waals surface area contributed by atoms with Crippen molar-refractivity contribution >= 4 is 17.2 Å². The van der Waals surface area contributed by atoms with Crippen LogP contribution in [0.3, 0.4) is 0 Å². The standard InChI is InChI=1S/C13H19N3O2S/c14-13(3-5-18-6-4-13)12(17)15-7-11-16-10(8-19-11)9-1-2-9/h8-9H,1-7,14H2,(H,15,17). The average Bonchev–Trinajstić information content (AvgIpc) is 3.16. The molecule has 0 bridgehead atoms. The maximum Gasteiger partial charge on any atom is 0.240 e. The van der Waals surface area contributed by atoms with Crippen molar-refractivity contribution in [2.24, 2.45) is 5.73 Å². The maximum absolute atomic E-state index is 12.1. The first-order valence-corrected chi connectivity index (χ1v) is 7.64. The first kappa shape index (κ1) is 13.0. The van der Waals surface area contributed by atoms with Crippen LogP contribution < -0.4 is 11.1 Å². The summed E-state index contributed by atoms with van der Waals surface area (Å²) in [6, 6.07) is 0. The summed E-state index contributed by atoms with van der Waals surface area (Å²) in [7, 11) is 0. The Kier molecular flexibility index (Phi) is 3.56. The van der Waals surface area contributed by atoms with Gasteiger partial charge in [-0.2, -0.15) is 0 Å². The van der Waals surface area contributed by atoms with E-state index in [1.54, 1.807) is 11.3 Å². The molecule has 1 amide bonds. The summed E-state index contributed by atoms with van der Waals surface area (Å²) in [4.78, 5) is 16.7. The highest BCUT2D eigenvalue weighted by molar-refractivity contribution is 7.09. The van der Waals surface area contributed by atoms with Crippen molar-refractivity contribution < 1.29 is 9.53 Å². The van der Waals surface area contributed by atoms with Crippen molar-refractivity contribution in [3.8, 4) is 0 Å². The Bertz CT molecular complexity index is 464. The van der Waals surface area contributed by atoms with E-state index >= 15 is 0 Å². The quantitative estimate of drug-likeness (QED) is 0.868. The van der Waals surface area contributed by atoms with Crippen LogP contribution in [0.25, 0.3) is 0 Å². The molecule has 3 N–H and O–H groups in total. The van der Waals surface area contributed by atoms with E-state index in [0.717, 1.165) is 5.01 Å². The van der Waals surface area contributed by atoms with Gasteiger partial charge in [-0.25, -0.2) is 4.98 Å². The monoisotopic (exact) mass is 281 g/mol. The predicted molar refractivity (Wildman–Crippen MR) is 72.9 cm³/mol. The molecule has 19 heavy (non-hydrogen) atoms. The van der Waals surface area contributed by atoms with Gasteiger partial charge in [0.2, 0.25) is 5.91 Å². The molecule has 6 heteroatoms. The van der Waals surface area contributed by atoms with Crippen LogP contribution in [-0.2, 0) is 16.1 Å². The van der Waals surface area contributed by atoms with Crippen LogP contribution in [0.5, 0.6) is 0 Å². The topological polar surface area (TPSA) is 77.2 Å². The molecule has 2 fully saturated rings. The number of carbonyl (C=O) groups excluding carboxylic acids is 1. The van der Waals surface area contributed by atoms with Crippen molar-refractivity contribution in [2.45, 2.75) is 43.7 Å². The average molecular weight is 281 g/mol. The normalized spacial score (nSPS) is 22.2. The third kappa shape index (κ3) is 2.96. The highest BCUT2D eigenvalue weighted by Gasteiger charge is 2.35. The lowest BCUT2D eigenvalue weighted by atomic mass is 9.90. The first-order chi connectivity index (χ1) is 9.17. The van der Waals surface area contributed by atoms with E-state index in [-0.39, 0.29) is 5.91 Å². The van der Waals surface area contributed by atoms with Gasteiger partial charge in [0.25, 0.3) is 0 Å². The highest BCUT2D eigenvalue weighted by atomic mass is 32.1. The van der Waals surface area contributed by atoms with E-state index in [0.29, 0.717) is 38.5 Å². The molecule has 2 aliphatic rings. The zero-order chi connectivity index (χ0) is 13.3. The number of rotatable bonds is 4. The number of thiazole rings is 1. The molecule has 1 saturated heterocycles. The van der Waals surface area contributed by atoms with Gasteiger partial charge in [-0.15, -0.1) is 11.3 Å². The van der Waals surface area contributed by atoms with Gasteiger partial charge in [0.05, 0.1) is 17.8 Å². The fraction of sp³-hybridized carbons (Fsp3) is 0.692. The molecule has 5 nitrogen and oxygen atoms in total. The van der Waals surface area contributed by atoms with Crippen molar-refractivity contribution in [3.63, 3.8) is 0 Å². The van der Waals surface area contributed by atoms with Crippen LogP contribution >= 0.6 is 11.3 Å². The Morgan fingerprint density at radius 3 is 2.95 bits per heavy atom. The Hall–Kier alpha value is -0.980. The molecule has 2 heterocycles. The second-order valence-electron chi connectivity index (χ2n) is 5.39. The number of ether oxygens (including phenoxy) is 1. The third-order valence-electron chi connectivity index (χ3n) is 3.80. The summed E-state index contributed by atoms with van der Waals surface area (Å²) in [5, 5.41) is 5.98. The summed E-state index contributed by atoms with van der Waals surface area (Å²) in [5.74, 6) is 0.580. The van der Waals surface area contributed by atoms with Gasteiger partial charge in [-0.3, -0.25) is 4.79 Å². The number of nitrogens with two attached hydrogens (primary N) is 1. The zero-order valence-corrected chi connectivity index (χ0v) is 11.7. The Labute approximate surface area is 116 Å². The number of nitrogens with zero attached hydrogens (tertiary/aromatic N) is 1. The van der Waals surface area contributed by atoms with Crippen LogP contribution in [0.4, 0.5) is 0 Å². The molecule has 0 radical (unpaired) electrons. The molecule has 0 spiro atoms. The zero-order valence-electron chi connectivity index (χ0n) is 10.9. The van der Waals surface area contributed by atoms with Crippen molar-refractivity contribution in [3.05, 3.63) is 16.1 Å². The summed E-state index contributed by atoms with van der Waals surface area (Å²) >= 11 is 1.61. The molecular formula is C13H19N3O2S. The Morgan fingerprint density at radius 1 is 1.53 bits per heavy atom. The van der Waals surface area contributed by atoms with E-state index in [1.807, 2.05) is 0 Å². The van der Waals surface area contributed by atoms with E-state index in [4.69, 9.17) is 10.5 Å². The molecule has 0 unspecified atom stereocenters. The van der Waals surface area contributed by atoms with E-state index in [1.165, 1.54) is 18.5 Å². The minimum Gasteiger partial charge on any atom is -0.381 e. The van der Waals surface area contributed by atoms with Crippen LogP contribution in [0.15, 0.2) is 5.38 Å². The molecule has 0 atom stereocenters. The fourth-order valence-corrected chi connectivity index (χ4v) is 3.08. The minimum absolute atomic E-state index is 0.0843. The number of amides is 1. The number of hydrogen-bond acceptors (Lipinski definition) is 5. The van der Waals surface area contributed by atoms with Crippen LogP contribution in [0.1, 0.15) is 42.3 Å². The smallest absolute Gasteiger partial charge is 0.240 e. The second kappa shape index (κ2) is 5.19. The van der Waals surface area contributed by atoms with Crippen molar-refractivity contribution in [1.29, 1.82) is 0 Å².